The number of carbonyl (C=O) groups is 2. The first-order chi connectivity index (χ1) is 13.5. The molecular weight excluding hydrogens is 396 g/mol. The predicted octanol–water partition coefficient (Wildman–Crippen LogP) is 2.96. The van der Waals surface area contributed by atoms with Crippen molar-refractivity contribution in [3.8, 4) is 0 Å². The molecule has 1 aliphatic rings. The van der Waals surface area contributed by atoms with Gasteiger partial charge >= 0.3 is 5.97 Å². The van der Waals surface area contributed by atoms with E-state index in [4.69, 9.17) is 17.3 Å². The number of rotatable bonds is 7. The van der Waals surface area contributed by atoms with Crippen LogP contribution in [0.3, 0.4) is 0 Å². The topological polar surface area (TPSA) is 79.6 Å². The number of hydrogen-bond donors (Lipinski definition) is 1. The van der Waals surface area contributed by atoms with Gasteiger partial charge < -0.3 is 9.67 Å². The molecule has 1 aromatic heterocycles. The summed E-state index contributed by atoms with van der Waals surface area (Å²) in [6.07, 6.45) is 3.56. The molecule has 1 saturated heterocycles. The molecule has 0 saturated carbocycles. The molecule has 1 aliphatic heterocycles. The highest BCUT2D eigenvalue weighted by Gasteiger charge is 2.31. The maximum atomic E-state index is 12.8. The van der Waals surface area contributed by atoms with Gasteiger partial charge in [-0.25, -0.2) is 0 Å². The van der Waals surface area contributed by atoms with Gasteiger partial charge in [0.1, 0.15) is 4.32 Å². The number of thiocarbonyl (C=S) groups is 1. The van der Waals surface area contributed by atoms with Crippen LogP contribution in [0.1, 0.15) is 24.0 Å². The zero-order valence-electron chi connectivity index (χ0n) is 14.9. The smallest absolute Gasteiger partial charge is 0.303 e. The van der Waals surface area contributed by atoms with Crippen molar-refractivity contribution in [2.45, 2.75) is 19.4 Å². The fourth-order valence-electron chi connectivity index (χ4n) is 2.79. The fourth-order valence-corrected chi connectivity index (χ4v) is 4.09. The highest BCUT2D eigenvalue weighted by molar-refractivity contribution is 8.26. The second-order valence-electron chi connectivity index (χ2n) is 6.21. The van der Waals surface area contributed by atoms with E-state index >= 15 is 0 Å². The van der Waals surface area contributed by atoms with E-state index in [1.54, 1.807) is 29.0 Å². The van der Waals surface area contributed by atoms with E-state index in [2.05, 4.69) is 0 Å². The molecule has 0 radical (unpaired) electrons. The summed E-state index contributed by atoms with van der Waals surface area (Å²) in [6, 6.07) is 13.1. The van der Waals surface area contributed by atoms with Gasteiger partial charge in [-0.05, 0) is 30.2 Å². The molecule has 1 aromatic carbocycles. The Hall–Kier alpha value is -2.71. The highest BCUT2D eigenvalue weighted by atomic mass is 32.2. The van der Waals surface area contributed by atoms with Crippen LogP contribution in [-0.2, 0) is 16.1 Å². The molecule has 28 heavy (non-hydrogen) atoms. The van der Waals surface area contributed by atoms with Gasteiger partial charge in [-0.15, -0.1) is 0 Å². The Morgan fingerprint density at radius 3 is 2.61 bits per heavy atom. The molecule has 1 amide bonds. The van der Waals surface area contributed by atoms with Crippen LogP contribution < -0.4 is 5.56 Å². The SMILES string of the molecule is O=C(O)CCCN1C(=O)C(=Cc2cccn(Cc3ccccc3)c2=O)SC1=S. The third-order valence-electron chi connectivity index (χ3n) is 4.18. The molecule has 1 fully saturated rings. The summed E-state index contributed by atoms with van der Waals surface area (Å²) in [6.45, 7) is 0.693. The van der Waals surface area contributed by atoms with Gasteiger partial charge in [0.2, 0.25) is 0 Å². The molecule has 2 heterocycles. The number of carbonyl (C=O) groups excluding carboxylic acids is 1. The van der Waals surface area contributed by atoms with E-state index in [0.29, 0.717) is 27.8 Å². The van der Waals surface area contributed by atoms with Gasteiger partial charge in [-0.1, -0.05) is 54.3 Å². The quantitative estimate of drug-likeness (QED) is 0.554. The zero-order valence-corrected chi connectivity index (χ0v) is 16.5. The van der Waals surface area contributed by atoms with E-state index in [9.17, 15) is 14.4 Å². The molecular formula is C20H18N2O4S2. The number of amides is 1. The van der Waals surface area contributed by atoms with Crippen LogP contribution in [0.15, 0.2) is 58.4 Å². The van der Waals surface area contributed by atoms with E-state index in [1.165, 1.54) is 4.90 Å². The molecule has 8 heteroatoms. The van der Waals surface area contributed by atoms with E-state index in [1.807, 2.05) is 30.3 Å². The molecule has 0 spiro atoms. The van der Waals surface area contributed by atoms with Crippen molar-refractivity contribution in [1.29, 1.82) is 0 Å². The molecule has 3 rings (SSSR count). The fraction of sp³-hybridized carbons (Fsp3) is 0.200. The lowest BCUT2D eigenvalue weighted by molar-refractivity contribution is -0.137. The van der Waals surface area contributed by atoms with E-state index in [0.717, 1.165) is 17.3 Å². The average Bonchev–Trinajstić information content (AvgIpc) is 2.93. The Morgan fingerprint density at radius 1 is 1.14 bits per heavy atom. The van der Waals surface area contributed by atoms with E-state index in [-0.39, 0.29) is 24.4 Å². The Kier molecular flexibility index (Phi) is 6.43. The number of aliphatic carboxylic acids is 1. The Bertz CT molecular complexity index is 999. The number of carboxylic acid groups (broad SMARTS) is 1. The Labute approximate surface area is 171 Å². The maximum absolute atomic E-state index is 12.8. The Balaban J connectivity index is 1.79. The van der Waals surface area contributed by atoms with Crippen molar-refractivity contribution in [3.05, 3.63) is 75.0 Å². The first kappa shape index (κ1) is 20.0. The van der Waals surface area contributed by atoms with Gasteiger partial charge in [0.25, 0.3) is 11.5 Å². The normalized spacial score (nSPS) is 15.4. The van der Waals surface area contributed by atoms with Gasteiger partial charge in [0.15, 0.2) is 0 Å². The minimum atomic E-state index is -0.913. The third kappa shape index (κ3) is 4.76. The lowest BCUT2D eigenvalue weighted by atomic mass is 10.2. The monoisotopic (exact) mass is 414 g/mol. The third-order valence-corrected chi connectivity index (χ3v) is 5.56. The van der Waals surface area contributed by atoms with Crippen molar-refractivity contribution in [2.75, 3.05) is 6.54 Å². The summed E-state index contributed by atoms with van der Waals surface area (Å²) in [4.78, 5) is 37.8. The van der Waals surface area contributed by atoms with Gasteiger partial charge in [-0.2, -0.15) is 0 Å². The number of pyridine rings is 1. The molecule has 0 bridgehead atoms. The molecule has 2 aromatic rings. The number of thioether (sulfide) groups is 1. The largest absolute Gasteiger partial charge is 0.481 e. The van der Waals surface area contributed by atoms with Crippen molar-refractivity contribution >= 4 is 46.3 Å². The summed E-state index contributed by atoms with van der Waals surface area (Å²) in [7, 11) is 0. The molecule has 6 nitrogen and oxygen atoms in total. The zero-order chi connectivity index (χ0) is 20.1. The van der Waals surface area contributed by atoms with Crippen LogP contribution in [-0.4, -0.2) is 37.3 Å². The summed E-state index contributed by atoms with van der Waals surface area (Å²) in [5, 5.41) is 8.74. The molecule has 1 N–H and O–H groups in total. The maximum Gasteiger partial charge on any atom is 0.303 e. The summed E-state index contributed by atoms with van der Waals surface area (Å²) in [5.74, 6) is -1.21. The molecule has 0 unspecified atom stereocenters. The van der Waals surface area contributed by atoms with Gasteiger partial charge in [0, 0.05) is 24.7 Å². The summed E-state index contributed by atoms with van der Waals surface area (Å²) < 4.78 is 1.97. The van der Waals surface area contributed by atoms with E-state index < -0.39 is 5.97 Å². The van der Waals surface area contributed by atoms with Gasteiger partial charge in [-0.3, -0.25) is 19.3 Å². The first-order valence-corrected chi connectivity index (χ1v) is 9.89. The van der Waals surface area contributed by atoms with Crippen LogP contribution >= 0.6 is 24.0 Å². The van der Waals surface area contributed by atoms with Crippen LogP contribution in [0.5, 0.6) is 0 Å². The lowest BCUT2D eigenvalue weighted by Crippen LogP contribution is -2.29. The molecule has 0 atom stereocenters. The second-order valence-corrected chi connectivity index (χ2v) is 7.89. The van der Waals surface area contributed by atoms with Crippen LogP contribution in [0.25, 0.3) is 6.08 Å². The van der Waals surface area contributed by atoms with Crippen molar-refractivity contribution in [3.63, 3.8) is 0 Å². The number of hydrogen-bond acceptors (Lipinski definition) is 5. The van der Waals surface area contributed by atoms with Crippen LogP contribution in [0.4, 0.5) is 0 Å². The number of benzene rings is 1. The summed E-state index contributed by atoms with van der Waals surface area (Å²) >= 11 is 6.36. The van der Waals surface area contributed by atoms with Crippen LogP contribution in [0.2, 0.25) is 0 Å². The minimum absolute atomic E-state index is 0.0288. The molecule has 144 valence electrons. The standard InChI is InChI=1S/C20H18N2O4S2/c23-17(24)9-5-11-22-19(26)16(28-20(22)27)12-15-8-4-10-21(18(15)25)13-14-6-2-1-3-7-14/h1-4,6-8,10,12H,5,9,11,13H2,(H,23,24). The van der Waals surface area contributed by atoms with Gasteiger partial charge in [0.05, 0.1) is 11.4 Å². The highest BCUT2D eigenvalue weighted by Crippen LogP contribution is 2.32. The van der Waals surface area contributed by atoms with Crippen molar-refractivity contribution in [2.24, 2.45) is 0 Å². The first-order valence-electron chi connectivity index (χ1n) is 8.66. The average molecular weight is 415 g/mol. The minimum Gasteiger partial charge on any atom is -0.481 e. The van der Waals surface area contributed by atoms with Crippen LogP contribution in [0, 0.1) is 0 Å². The lowest BCUT2D eigenvalue weighted by Gasteiger charge is -2.13. The number of carboxylic acids is 1. The molecule has 0 aliphatic carbocycles. The number of nitrogens with zero attached hydrogens (tertiary/aromatic N) is 2. The Morgan fingerprint density at radius 2 is 1.89 bits per heavy atom. The van der Waals surface area contributed by atoms with Crippen molar-refractivity contribution in [1.82, 2.24) is 9.47 Å². The van der Waals surface area contributed by atoms with Crippen molar-refractivity contribution < 1.29 is 14.7 Å². The number of aromatic nitrogens is 1. The summed E-state index contributed by atoms with van der Waals surface area (Å²) in [5.41, 5.74) is 1.22. The second kappa shape index (κ2) is 8.99. The predicted molar refractivity (Wildman–Crippen MR) is 113 cm³/mol.